The second-order valence-corrected chi connectivity index (χ2v) is 4.31. The smallest absolute Gasteiger partial charge is 0.114 e. The molecule has 0 saturated carbocycles. The van der Waals surface area contributed by atoms with Crippen molar-refractivity contribution in [1.82, 2.24) is 4.90 Å². The summed E-state index contributed by atoms with van der Waals surface area (Å²) in [5.41, 5.74) is 5.17. The molecule has 2 rings (SSSR count). The van der Waals surface area contributed by atoms with Gasteiger partial charge in [-0.2, -0.15) is 0 Å². The topological polar surface area (TPSA) is 82.1 Å². The van der Waals surface area contributed by atoms with Gasteiger partial charge in [0.05, 0.1) is 12.4 Å². The highest BCUT2D eigenvalue weighted by Crippen LogP contribution is 2.28. The summed E-state index contributed by atoms with van der Waals surface area (Å²) in [5, 5.41) is 15.2. The Bertz CT molecular complexity index is 228. The molecule has 0 aromatic carbocycles. The minimum absolute atomic E-state index is 0.0865. The highest BCUT2D eigenvalue weighted by Gasteiger charge is 2.34. The van der Waals surface area contributed by atoms with Crippen LogP contribution in [-0.2, 0) is 0 Å². The molecule has 2 aliphatic rings. The quantitative estimate of drug-likeness (QED) is 0.527. The van der Waals surface area contributed by atoms with Crippen LogP contribution in [0.1, 0.15) is 39.5 Å². The first-order valence-corrected chi connectivity index (χ1v) is 7.32. The maximum atomic E-state index is 12.6. The fourth-order valence-electron chi connectivity index (χ4n) is 2.25. The van der Waals surface area contributed by atoms with E-state index in [2.05, 4.69) is 9.89 Å². The van der Waals surface area contributed by atoms with Crippen LogP contribution in [-0.4, -0.2) is 67.0 Å². The van der Waals surface area contributed by atoms with Crippen molar-refractivity contribution >= 4 is 5.84 Å². The standard InChI is InChI=1S/C7H12FN.C4H10N2O.C2H6.CH4O/c8-6-4-7-2-1-3-9(7)5-6;1-6-4(5)2-3-7;2*1-2/h6-7H,1-5H2;7H,2-3H2,1H3,(H2,5,6);1-2H3;2H,1H3. The maximum Gasteiger partial charge on any atom is 0.114 e. The zero-order chi connectivity index (χ0) is 16.0. The van der Waals surface area contributed by atoms with Crippen LogP contribution >= 0.6 is 0 Å². The van der Waals surface area contributed by atoms with Crippen molar-refractivity contribution < 1.29 is 14.6 Å². The van der Waals surface area contributed by atoms with Gasteiger partial charge >= 0.3 is 0 Å². The lowest BCUT2D eigenvalue weighted by atomic mass is 10.1. The molecule has 0 radical (unpaired) electrons. The van der Waals surface area contributed by atoms with Gasteiger partial charge in [0.15, 0.2) is 0 Å². The van der Waals surface area contributed by atoms with Crippen molar-refractivity contribution in [2.45, 2.75) is 51.7 Å². The van der Waals surface area contributed by atoms with Crippen molar-refractivity contribution in [2.75, 3.05) is 33.9 Å². The second kappa shape index (κ2) is 14.7. The van der Waals surface area contributed by atoms with Crippen LogP contribution in [0.4, 0.5) is 4.39 Å². The molecule has 0 amide bonds. The molecule has 20 heavy (non-hydrogen) atoms. The zero-order valence-corrected chi connectivity index (χ0v) is 13.3. The van der Waals surface area contributed by atoms with E-state index in [4.69, 9.17) is 15.9 Å². The SMILES string of the molecule is CC.CN=C(N)CCO.CO.FC1CC2CCCN2C1. The second-order valence-electron chi connectivity index (χ2n) is 4.31. The normalized spacial score (nSPS) is 24.4. The van der Waals surface area contributed by atoms with Crippen LogP contribution in [0.25, 0.3) is 0 Å². The maximum absolute atomic E-state index is 12.6. The van der Waals surface area contributed by atoms with Crippen molar-refractivity contribution in [3.8, 4) is 0 Å². The summed E-state index contributed by atoms with van der Waals surface area (Å²) in [4.78, 5) is 5.90. The Morgan fingerprint density at radius 2 is 2.00 bits per heavy atom. The summed E-state index contributed by atoms with van der Waals surface area (Å²) >= 11 is 0. The first kappa shape index (κ1) is 21.6. The molecule has 2 aliphatic heterocycles. The molecule has 2 unspecified atom stereocenters. The first-order chi connectivity index (χ1) is 9.67. The zero-order valence-electron chi connectivity index (χ0n) is 13.3. The number of alkyl halides is 1. The van der Waals surface area contributed by atoms with E-state index in [-0.39, 0.29) is 6.61 Å². The third-order valence-corrected chi connectivity index (χ3v) is 3.11. The van der Waals surface area contributed by atoms with Crippen LogP contribution in [0.2, 0.25) is 0 Å². The molecule has 0 bridgehead atoms. The van der Waals surface area contributed by atoms with Gasteiger partial charge in [0.1, 0.15) is 6.17 Å². The van der Waals surface area contributed by atoms with Gasteiger partial charge in [0.2, 0.25) is 0 Å². The fourth-order valence-corrected chi connectivity index (χ4v) is 2.25. The summed E-state index contributed by atoms with van der Waals surface area (Å²) in [6, 6.07) is 0.611. The Morgan fingerprint density at radius 3 is 2.40 bits per heavy atom. The highest BCUT2D eigenvalue weighted by atomic mass is 19.1. The molecule has 2 saturated heterocycles. The van der Waals surface area contributed by atoms with Gasteiger partial charge < -0.3 is 15.9 Å². The lowest BCUT2D eigenvalue weighted by Gasteiger charge is -2.11. The van der Waals surface area contributed by atoms with Crippen LogP contribution in [0.15, 0.2) is 4.99 Å². The van der Waals surface area contributed by atoms with Crippen LogP contribution < -0.4 is 5.73 Å². The van der Waals surface area contributed by atoms with Crippen molar-refractivity contribution in [3.05, 3.63) is 0 Å². The molecule has 5 nitrogen and oxygen atoms in total. The van der Waals surface area contributed by atoms with Gasteiger partial charge in [-0.3, -0.25) is 9.89 Å². The van der Waals surface area contributed by atoms with Crippen LogP contribution in [0.5, 0.6) is 0 Å². The predicted octanol–water partition coefficient (Wildman–Crippen LogP) is 1.18. The van der Waals surface area contributed by atoms with Gasteiger partial charge in [-0.15, -0.1) is 0 Å². The number of aliphatic hydroxyl groups is 2. The molecule has 6 heteroatoms. The summed E-state index contributed by atoms with van der Waals surface area (Å²) in [6.07, 6.45) is 3.30. The Hall–Kier alpha value is -0.720. The fraction of sp³-hybridized carbons (Fsp3) is 0.929. The van der Waals surface area contributed by atoms with Gasteiger partial charge in [-0.1, -0.05) is 13.8 Å². The van der Waals surface area contributed by atoms with Crippen molar-refractivity contribution in [3.63, 3.8) is 0 Å². The summed E-state index contributed by atoms with van der Waals surface area (Å²) in [6.45, 7) is 5.94. The number of halogens is 1. The van der Waals surface area contributed by atoms with E-state index in [0.29, 0.717) is 24.8 Å². The van der Waals surface area contributed by atoms with E-state index in [1.165, 1.54) is 12.8 Å². The molecule has 2 atom stereocenters. The molecule has 2 fully saturated rings. The molecular formula is C14H32FN3O2. The van der Waals surface area contributed by atoms with Gasteiger partial charge in [0.25, 0.3) is 0 Å². The molecule has 2 heterocycles. The number of fused-ring (bicyclic) bond motifs is 1. The van der Waals surface area contributed by atoms with E-state index >= 15 is 0 Å². The highest BCUT2D eigenvalue weighted by molar-refractivity contribution is 5.80. The Kier molecular flexibility index (Phi) is 15.8. The van der Waals surface area contributed by atoms with E-state index in [0.717, 1.165) is 20.1 Å². The molecular weight excluding hydrogens is 261 g/mol. The lowest BCUT2D eigenvalue weighted by molar-refractivity contribution is 0.292. The number of nitrogens with two attached hydrogens (primary N) is 1. The molecule has 0 aliphatic carbocycles. The van der Waals surface area contributed by atoms with E-state index in [1.807, 2.05) is 13.8 Å². The predicted molar refractivity (Wildman–Crippen MR) is 82.8 cm³/mol. The molecule has 122 valence electrons. The first-order valence-electron chi connectivity index (χ1n) is 7.32. The third kappa shape index (κ3) is 9.23. The number of amidine groups is 1. The minimum Gasteiger partial charge on any atom is -0.400 e. The Labute approximate surface area is 122 Å². The molecule has 0 aromatic heterocycles. The Morgan fingerprint density at radius 1 is 1.40 bits per heavy atom. The summed E-state index contributed by atoms with van der Waals surface area (Å²) in [5.74, 6) is 0.502. The molecule has 0 aromatic rings. The number of nitrogens with zero attached hydrogens (tertiary/aromatic N) is 2. The Balaban J connectivity index is 0. The number of aliphatic imine (C=N–C) groups is 1. The summed E-state index contributed by atoms with van der Waals surface area (Å²) < 4.78 is 12.6. The van der Waals surface area contributed by atoms with E-state index < -0.39 is 6.17 Å². The molecule has 4 N–H and O–H groups in total. The van der Waals surface area contributed by atoms with E-state index in [1.54, 1.807) is 7.05 Å². The summed E-state index contributed by atoms with van der Waals surface area (Å²) in [7, 11) is 2.60. The number of hydrogen-bond acceptors (Lipinski definition) is 4. The van der Waals surface area contributed by atoms with Crippen molar-refractivity contribution in [1.29, 1.82) is 0 Å². The third-order valence-electron chi connectivity index (χ3n) is 3.11. The molecule has 0 spiro atoms. The van der Waals surface area contributed by atoms with E-state index in [9.17, 15) is 4.39 Å². The lowest BCUT2D eigenvalue weighted by Crippen LogP contribution is -2.22. The minimum atomic E-state index is -0.518. The van der Waals surface area contributed by atoms with Crippen molar-refractivity contribution in [2.24, 2.45) is 10.7 Å². The average molecular weight is 293 g/mol. The monoisotopic (exact) mass is 293 g/mol. The van der Waals surface area contributed by atoms with Gasteiger partial charge in [-0.25, -0.2) is 4.39 Å². The van der Waals surface area contributed by atoms with Crippen LogP contribution in [0, 0.1) is 0 Å². The number of aliphatic hydroxyl groups excluding tert-OH is 2. The van der Waals surface area contributed by atoms with Gasteiger partial charge in [0, 0.05) is 33.2 Å². The average Bonchev–Trinajstić information content (AvgIpc) is 3.04. The van der Waals surface area contributed by atoms with Crippen LogP contribution in [0.3, 0.4) is 0 Å². The number of hydrogen-bond donors (Lipinski definition) is 3. The largest absolute Gasteiger partial charge is 0.400 e. The van der Waals surface area contributed by atoms with Gasteiger partial charge in [-0.05, 0) is 25.8 Å². The number of rotatable bonds is 2.